The molecule has 1 aromatic heterocycles. The van der Waals surface area contributed by atoms with Gasteiger partial charge < -0.3 is 5.73 Å². The van der Waals surface area contributed by atoms with Gasteiger partial charge in [-0.05, 0) is 35.6 Å². The zero-order chi connectivity index (χ0) is 12.1. The molecule has 0 aliphatic heterocycles. The molecule has 0 spiro atoms. The summed E-state index contributed by atoms with van der Waals surface area (Å²) in [4.78, 5) is 0. The molecule has 0 saturated heterocycles. The molecular formula is C14H17N3. The topological polar surface area (TPSA) is 43.8 Å². The molecule has 1 aromatic carbocycles. The Hall–Kier alpha value is -1.61. The second kappa shape index (κ2) is 3.20. The highest BCUT2D eigenvalue weighted by atomic mass is 15.3. The predicted molar refractivity (Wildman–Crippen MR) is 67.8 cm³/mol. The van der Waals surface area contributed by atoms with Crippen molar-refractivity contribution in [3.8, 4) is 5.69 Å². The summed E-state index contributed by atoms with van der Waals surface area (Å²) in [7, 11) is 0. The molecule has 17 heavy (non-hydrogen) atoms. The van der Waals surface area contributed by atoms with E-state index in [1.165, 1.54) is 5.56 Å². The Bertz CT molecular complexity index is 525. The molecule has 2 N–H and O–H groups in total. The highest BCUT2D eigenvalue weighted by molar-refractivity contribution is 5.41. The van der Waals surface area contributed by atoms with E-state index in [0.29, 0.717) is 0 Å². The minimum Gasteiger partial charge on any atom is -0.321 e. The summed E-state index contributed by atoms with van der Waals surface area (Å²) < 4.78 is 1.85. The van der Waals surface area contributed by atoms with Crippen LogP contribution in [0.5, 0.6) is 0 Å². The lowest BCUT2D eigenvalue weighted by molar-refractivity contribution is 0.510. The second-order valence-electron chi connectivity index (χ2n) is 5.53. The molecule has 3 nitrogen and oxygen atoms in total. The van der Waals surface area contributed by atoms with Crippen molar-refractivity contribution in [1.29, 1.82) is 0 Å². The monoisotopic (exact) mass is 227 g/mol. The van der Waals surface area contributed by atoms with Crippen LogP contribution >= 0.6 is 0 Å². The van der Waals surface area contributed by atoms with Gasteiger partial charge in [-0.2, -0.15) is 5.10 Å². The van der Waals surface area contributed by atoms with Crippen molar-refractivity contribution in [3.05, 3.63) is 48.3 Å². The molecule has 1 unspecified atom stereocenters. The molecule has 0 amide bonds. The van der Waals surface area contributed by atoms with Crippen molar-refractivity contribution in [2.24, 2.45) is 11.1 Å². The summed E-state index contributed by atoms with van der Waals surface area (Å²) in [6.45, 7) is 4.43. The van der Waals surface area contributed by atoms with Crippen molar-refractivity contribution in [3.63, 3.8) is 0 Å². The number of benzene rings is 1. The molecule has 1 fully saturated rings. The number of rotatable bonds is 2. The van der Waals surface area contributed by atoms with Crippen LogP contribution < -0.4 is 5.73 Å². The van der Waals surface area contributed by atoms with Gasteiger partial charge in [-0.15, -0.1) is 0 Å². The summed E-state index contributed by atoms with van der Waals surface area (Å²) >= 11 is 0. The Morgan fingerprint density at radius 3 is 2.35 bits per heavy atom. The lowest BCUT2D eigenvalue weighted by atomic mass is 9.97. The zero-order valence-corrected chi connectivity index (χ0v) is 10.2. The first-order chi connectivity index (χ1) is 8.03. The lowest BCUT2D eigenvalue weighted by Gasteiger charge is -2.15. The van der Waals surface area contributed by atoms with Crippen molar-refractivity contribution in [2.75, 3.05) is 0 Å². The zero-order valence-electron chi connectivity index (χ0n) is 10.2. The molecule has 2 aromatic rings. The van der Waals surface area contributed by atoms with Crippen LogP contribution in [0.25, 0.3) is 5.69 Å². The number of nitrogens with two attached hydrogens (primary N) is 1. The largest absolute Gasteiger partial charge is 0.321 e. The lowest BCUT2D eigenvalue weighted by Crippen LogP contribution is -2.25. The smallest absolute Gasteiger partial charge is 0.0645 e. The fourth-order valence-electron chi connectivity index (χ4n) is 2.48. The van der Waals surface area contributed by atoms with Crippen LogP contribution in [0.2, 0.25) is 0 Å². The quantitative estimate of drug-likeness (QED) is 0.856. The van der Waals surface area contributed by atoms with E-state index in [1.54, 1.807) is 6.20 Å². The van der Waals surface area contributed by atoms with Crippen LogP contribution in [0, 0.1) is 5.41 Å². The van der Waals surface area contributed by atoms with E-state index in [0.717, 1.165) is 12.1 Å². The summed E-state index contributed by atoms with van der Waals surface area (Å²) in [6.07, 6.45) is 4.78. The molecule has 1 aliphatic carbocycles. The Morgan fingerprint density at radius 1 is 1.24 bits per heavy atom. The molecule has 3 heteroatoms. The Kier molecular flexibility index (Phi) is 1.98. The van der Waals surface area contributed by atoms with E-state index in [9.17, 15) is 0 Å². The Morgan fingerprint density at radius 2 is 1.88 bits per heavy atom. The van der Waals surface area contributed by atoms with Crippen LogP contribution in [0.4, 0.5) is 0 Å². The Balaban J connectivity index is 1.92. The third-order valence-corrected chi connectivity index (χ3v) is 3.95. The predicted octanol–water partition coefficient (Wildman–Crippen LogP) is 2.46. The highest BCUT2D eigenvalue weighted by Gasteiger charge is 2.59. The van der Waals surface area contributed by atoms with Crippen LogP contribution in [0.3, 0.4) is 0 Å². The van der Waals surface area contributed by atoms with Gasteiger partial charge in [0.15, 0.2) is 0 Å². The third-order valence-electron chi connectivity index (χ3n) is 3.95. The normalized spacial score (nSPS) is 25.8. The summed E-state index contributed by atoms with van der Waals surface area (Å²) in [6, 6.07) is 10.3. The van der Waals surface area contributed by atoms with Gasteiger partial charge in [0.25, 0.3) is 0 Å². The standard InChI is InChI=1S/C14H17N3/c1-13(2)10-14(13,15)11-4-6-12(7-5-11)17-9-3-8-16-17/h3-9H,10,15H2,1-2H3. The Labute approximate surface area is 101 Å². The van der Waals surface area contributed by atoms with Crippen molar-refractivity contribution < 1.29 is 0 Å². The molecule has 3 rings (SSSR count). The van der Waals surface area contributed by atoms with E-state index in [2.05, 4.69) is 43.2 Å². The van der Waals surface area contributed by atoms with Crippen LogP contribution in [-0.4, -0.2) is 9.78 Å². The molecule has 1 saturated carbocycles. The van der Waals surface area contributed by atoms with Gasteiger partial charge in [0, 0.05) is 17.9 Å². The molecule has 1 heterocycles. The first kappa shape index (κ1) is 10.5. The summed E-state index contributed by atoms with van der Waals surface area (Å²) in [5.74, 6) is 0. The minimum atomic E-state index is -0.143. The highest BCUT2D eigenvalue weighted by Crippen LogP contribution is 2.60. The van der Waals surface area contributed by atoms with E-state index < -0.39 is 0 Å². The maximum atomic E-state index is 6.39. The van der Waals surface area contributed by atoms with Crippen molar-refractivity contribution >= 4 is 0 Å². The summed E-state index contributed by atoms with van der Waals surface area (Å²) in [5.41, 5.74) is 8.76. The summed E-state index contributed by atoms with van der Waals surface area (Å²) in [5, 5.41) is 4.21. The first-order valence-electron chi connectivity index (χ1n) is 5.92. The van der Waals surface area contributed by atoms with Crippen LogP contribution in [-0.2, 0) is 5.54 Å². The van der Waals surface area contributed by atoms with Gasteiger partial charge in [0.1, 0.15) is 0 Å². The first-order valence-corrected chi connectivity index (χ1v) is 5.92. The van der Waals surface area contributed by atoms with Gasteiger partial charge >= 0.3 is 0 Å². The molecule has 1 aliphatic rings. The number of hydrogen-bond acceptors (Lipinski definition) is 2. The SMILES string of the molecule is CC1(C)CC1(N)c1ccc(-n2cccn2)cc1. The van der Waals surface area contributed by atoms with Gasteiger partial charge in [-0.25, -0.2) is 4.68 Å². The number of nitrogens with zero attached hydrogens (tertiary/aromatic N) is 2. The number of hydrogen-bond donors (Lipinski definition) is 1. The third kappa shape index (κ3) is 1.50. The average molecular weight is 227 g/mol. The van der Waals surface area contributed by atoms with E-state index in [4.69, 9.17) is 5.73 Å². The van der Waals surface area contributed by atoms with E-state index >= 15 is 0 Å². The van der Waals surface area contributed by atoms with Gasteiger partial charge in [0.05, 0.1) is 5.69 Å². The molecule has 0 bridgehead atoms. The van der Waals surface area contributed by atoms with Gasteiger partial charge in [0.2, 0.25) is 0 Å². The minimum absolute atomic E-state index is 0.143. The fraction of sp³-hybridized carbons (Fsp3) is 0.357. The van der Waals surface area contributed by atoms with Gasteiger partial charge in [-0.3, -0.25) is 0 Å². The maximum Gasteiger partial charge on any atom is 0.0645 e. The van der Waals surface area contributed by atoms with Crippen LogP contribution in [0.15, 0.2) is 42.7 Å². The average Bonchev–Trinajstić information content (AvgIpc) is 2.75. The maximum absolute atomic E-state index is 6.39. The second-order valence-corrected chi connectivity index (χ2v) is 5.53. The number of aromatic nitrogens is 2. The fourth-order valence-corrected chi connectivity index (χ4v) is 2.48. The van der Waals surface area contributed by atoms with Crippen molar-refractivity contribution in [2.45, 2.75) is 25.8 Å². The molecule has 88 valence electrons. The van der Waals surface area contributed by atoms with Gasteiger partial charge in [-0.1, -0.05) is 26.0 Å². The van der Waals surface area contributed by atoms with E-state index in [-0.39, 0.29) is 11.0 Å². The molecule has 0 radical (unpaired) electrons. The van der Waals surface area contributed by atoms with E-state index in [1.807, 2.05) is 16.9 Å². The van der Waals surface area contributed by atoms with Crippen LogP contribution in [0.1, 0.15) is 25.8 Å². The molecular weight excluding hydrogens is 210 g/mol. The molecule has 1 atom stereocenters. The van der Waals surface area contributed by atoms with Crippen molar-refractivity contribution in [1.82, 2.24) is 9.78 Å².